The predicted molar refractivity (Wildman–Crippen MR) is 138 cm³/mol. The van der Waals surface area contributed by atoms with E-state index in [9.17, 15) is 9.90 Å². The Balaban J connectivity index is 1.53. The van der Waals surface area contributed by atoms with Gasteiger partial charge in [0, 0.05) is 34.3 Å². The number of para-hydroxylation sites is 2. The summed E-state index contributed by atoms with van der Waals surface area (Å²) in [4.78, 5) is 16.3. The molecule has 1 amide bonds. The van der Waals surface area contributed by atoms with Gasteiger partial charge in [0.1, 0.15) is 11.8 Å². The van der Waals surface area contributed by atoms with Crippen LogP contribution in [-0.2, 0) is 10.2 Å². The summed E-state index contributed by atoms with van der Waals surface area (Å²) >= 11 is 0. The van der Waals surface area contributed by atoms with E-state index in [0.29, 0.717) is 0 Å². The van der Waals surface area contributed by atoms with Crippen molar-refractivity contribution in [1.29, 1.82) is 0 Å². The maximum atomic E-state index is 14.0. The number of nitrogens with one attached hydrogen (secondary N) is 1. The van der Waals surface area contributed by atoms with Gasteiger partial charge in [-0.3, -0.25) is 4.79 Å². The SMILES string of the molecule is CC1(C)c2ccccc2N2[C@@H](C(=O)Nc3ccccc3)[C@H](c3c(O)ccc4ccccc34)C[C@@H]21. The van der Waals surface area contributed by atoms with Crippen LogP contribution in [0.2, 0.25) is 0 Å². The number of fused-ring (bicyclic) bond motifs is 4. The molecular formula is C30H28N2O2. The monoisotopic (exact) mass is 448 g/mol. The van der Waals surface area contributed by atoms with Crippen LogP contribution >= 0.6 is 0 Å². The molecule has 2 heterocycles. The van der Waals surface area contributed by atoms with Crippen molar-refractivity contribution in [2.75, 3.05) is 10.2 Å². The first-order chi connectivity index (χ1) is 16.5. The Hall–Kier alpha value is -3.79. The van der Waals surface area contributed by atoms with Crippen LogP contribution in [0.25, 0.3) is 10.8 Å². The fourth-order valence-corrected chi connectivity index (χ4v) is 6.25. The van der Waals surface area contributed by atoms with Crippen molar-refractivity contribution in [3.8, 4) is 5.75 Å². The molecule has 3 atom stereocenters. The van der Waals surface area contributed by atoms with E-state index in [0.717, 1.165) is 34.1 Å². The molecule has 2 aliphatic heterocycles. The van der Waals surface area contributed by atoms with Gasteiger partial charge in [0.05, 0.1) is 0 Å². The van der Waals surface area contributed by atoms with Crippen LogP contribution in [0.5, 0.6) is 5.75 Å². The van der Waals surface area contributed by atoms with Crippen molar-refractivity contribution in [1.82, 2.24) is 0 Å². The minimum Gasteiger partial charge on any atom is -0.508 e. The molecule has 1 fully saturated rings. The van der Waals surface area contributed by atoms with Crippen LogP contribution in [0.3, 0.4) is 0 Å². The second kappa shape index (κ2) is 7.63. The Bertz CT molecular complexity index is 1400. The topological polar surface area (TPSA) is 52.6 Å². The fraction of sp³-hybridized carbons (Fsp3) is 0.233. The van der Waals surface area contributed by atoms with Gasteiger partial charge in [-0.2, -0.15) is 0 Å². The molecule has 0 aliphatic carbocycles. The number of phenolic OH excluding ortho intramolecular Hbond substituents is 1. The summed E-state index contributed by atoms with van der Waals surface area (Å²) in [5.41, 5.74) is 3.93. The highest BCUT2D eigenvalue weighted by molar-refractivity contribution is 6.00. The molecule has 0 aromatic heterocycles. The number of hydrogen-bond donors (Lipinski definition) is 2. The summed E-state index contributed by atoms with van der Waals surface area (Å²) in [5.74, 6) is 0.0689. The van der Waals surface area contributed by atoms with E-state index in [1.54, 1.807) is 6.07 Å². The second-order valence-corrected chi connectivity index (χ2v) is 10.0. The number of nitrogens with zero attached hydrogens (tertiary/aromatic N) is 1. The Labute approximate surface area is 199 Å². The van der Waals surface area contributed by atoms with Crippen molar-refractivity contribution in [3.63, 3.8) is 0 Å². The number of amides is 1. The first-order valence-corrected chi connectivity index (χ1v) is 11.9. The molecule has 2 N–H and O–H groups in total. The van der Waals surface area contributed by atoms with Gasteiger partial charge in [-0.25, -0.2) is 0 Å². The molecule has 0 saturated carbocycles. The molecule has 0 bridgehead atoms. The largest absolute Gasteiger partial charge is 0.508 e. The van der Waals surface area contributed by atoms with Gasteiger partial charge in [-0.05, 0) is 47.0 Å². The molecule has 4 heteroatoms. The maximum Gasteiger partial charge on any atom is 0.247 e. The van der Waals surface area contributed by atoms with Gasteiger partial charge in [0.15, 0.2) is 0 Å². The standard InChI is InChI=1S/C30H28N2O2/c1-30(2)23-14-8-9-15-24(23)32-26(30)18-22(28(32)29(34)31-20-11-4-3-5-12-20)27-21-13-7-6-10-19(21)16-17-25(27)33/h3-17,22,26,28,33H,18H2,1-2H3,(H,31,34)/t22-,26+,28+/m0/s1. The van der Waals surface area contributed by atoms with Gasteiger partial charge >= 0.3 is 0 Å². The van der Waals surface area contributed by atoms with E-state index < -0.39 is 6.04 Å². The zero-order valence-electron chi connectivity index (χ0n) is 19.4. The smallest absolute Gasteiger partial charge is 0.247 e. The molecule has 4 aromatic carbocycles. The van der Waals surface area contributed by atoms with Crippen molar-refractivity contribution in [3.05, 3.63) is 102 Å². The number of anilines is 2. The number of rotatable bonds is 3. The lowest BCUT2D eigenvalue weighted by Crippen LogP contribution is -2.46. The second-order valence-electron chi connectivity index (χ2n) is 10.0. The van der Waals surface area contributed by atoms with E-state index in [1.165, 1.54) is 5.56 Å². The Kier molecular flexibility index (Phi) is 4.66. The fourth-order valence-electron chi connectivity index (χ4n) is 6.25. The lowest BCUT2D eigenvalue weighted by atomic mass is 9.76. The molecule has 0 radical (unpaired) electrons. The first kappa shape index (κ1) is 20.8. The number of hydrogen-bond acceptors (Lipinski definition) is 3. The average molecular weight is 449 g/mol. The van der Waals surface area contributed by atoms with E-state index in [1.807, 2.05) is 54.6 Å². The van der Waals surface area contributed by atoms with E-state index in [2.05, 4.69) is 54.4 Å². The minimum absolute atomic E-state index is 0.0430. The molecule has 1 saturated heterocycles. The minimum atomic E-state index is -0.440. The quantitative estimate of drug-likeness (QED) is 0.392. The maximum absolute atomic E-state index is 14.0. The summed E-state index contributed by atoms with van der Waals surface area (Å²) in [6, 6.07) is 29.6. The molecule has 4 nitrogen and oxygen atoms in total. The van der Waals surface area contributed by atoms with Gasteiger partial charge in [0.25, 0.3) is 0 Å². The Morgan fingerprint density at radius 1 is 0.912 bits per heavy atom. The summed E-state index contributed by atoms with van der Waals surface area (Å²) in [6.07, 6.45) is 0.788. The van der Waals surface area contributed by atoms with Crippen molar-refractivity contribution < 1.29 is 9.90 Å². The summed E-state index contributed by atoms with van der Waals surface area (Å²) < 4.78 is 0. The highest BCUT2D eigenvalue weighted by Crippen LogP contribution is 2.56. The average Bonchev–Trinajstić information content (AvgIpc) is 3.34. The Morgan fingerprint density at radius 2 is 1.62 bits per heavy atom. The molecule has 6 rings (SSSR count). The zero-order valence-corrected chi connectivity index (χ0v) is 19.4. The van der Waals surface area contributed by atoms with Crippen molar-refractivity contribution >= 4 is 28.1 Å². The molecule has 2 aliphatic rings. The molecule has 34 heavy (non-hydrogen) atoms. The van der Waals surface area contributed by atoms with E-state index >= 15 is 0 Å². The number of benzene rings is 4. The predicted octanol–water partition coefficient (Wildman–Crippen LogP) is 6.21. The number of phenols is 1. The van der Waals surface area contributed by atoms with Crippen LogP contribution in [-0.4, -0.2) is 23.1 Å². The summed E-state index contributed by atoms with van der Waals surface area (Å²) in [6.45, 7) is 4.54. The zero-order chi connectivity index (χ0) is 23.4. The highest BCUT2D eigenvalue weighted by atomic mass is 16.3. The highest BCUT2D eigenvalue weighted by Gasteiger charge is 2.56. The van der Waals surface area contributed by atoms with E-state index in [-0.39, 0.29) is 29.0 Å². The third-order valence-corrected chi connectivity index (χ3v) is 7.83. The summed E-state index contributed by atoms with van der Waals surface area (Å²) in [7, 11) is 0. The van der Waals surface area contributed by atoms with Crippen LogP contribution in [0.15, 0.2) is 91.0 Å². The van der Waals surface area contributed by atoms with Crippen molar-refractivity contribution in [2.45, 2.75) is 43.7 Å². The van der Waals surface area contributed by atoms with Crippen LogP contribution in [0.1, 0.15) is 37.3 Å². The van der Waals surface area contributed by atoms with Crippen LogP contribution in [0.4, 0.5) is 11.4 Å². The van der Waals surface area contributed by atoms with Gasteiger partial charge < -0.3 is 15.3 Å². The Morgan fingerprint density at radius 3 is 2.44 bits per heavy atom. The molecule has 4 aromatic rings. The van der Waals surface area contributed by atoms with Crippen molar-refractivity contribution in [2.24, 2.45) is 0 Å². The van der Waals surface area contributed by atoms with Crippen LogP contribution < -0.4 is 10.2 Å². The number of aromatic hydroxyl groups is 1. The molecule has 170 valence electrons. The molecule has 0 spiro atoms. The molecular weight excluding hydrogens is 420 g/mol. The lowest BCUT2D eigenvalue weighted by Gasteiger charge is -2.31. The normalized spacial score (nSPS) is 22.4. The first-order valence-electron chi connectivity index (χ1n) is 11.9. The van der Waals surface area contributed by atoms with Gasteiger partial charge in [0.2, 0.25) is 5.91 Å². The number of carbonyl (C=O) groups is 1. The lowest BCUT2D eigenvalue weighted by molar-refractivity contribution is -0.117. The third kappa shape index (κ3) is 3.02. The van der Waals surface area contributed by atoms with Crippen LogP contribution in [0, 0.1) is 0 Å². The van der Waals surface area contributed by atoms with Gasteiger partial charge in [-0.1, -0.05) is 80.6 Å². The van der Waals surface area contributed by atoms with E-state index in [4.69, 9.17) is 0 Å². The summed E-state index contributed by atoms with van der Waals surface area (Å²) in [5, 5.41) is 16.3. The third-order valence-electron chi connectivity index (χ3n) is 7.83. The number of carbonyl (C=O) groups excluding carboxylic acids is 1. The molecule has 0 unspecified atom stereocenters. The van der Waals surface area contributed by atoms with Gasteiger partial charge in [-0.15, -0.1) is 0 Å².